The van der Waals surface area contributed by atoms with E-state index in [4.69, 9.17) is 0 Å². The average molecular weight is 409 g/mol. The molecule has 0 aliphatic carbocycles. The molecule has 1 saturated heterocycles. The van der Waals surface area contributed by atoms with Gasteiger partial charge < -0.3 is 9.88 Å². The van der Waals surface area contributed by atoms with Crippen molar-refractivity contribution in [3.05, 3.63) is 96.1 Å². The number of rotatable bonds is 7. The highest BCUT2D eigenvalue weighted by molar-refractivity contribution is 5.90. The van der Waals surface area contributed by atoms with Gasteiger partial charge in [-0.1, -0.05) is 78.9 Å². The lowest BCUT2D eigenvalue weighted by Gasteiger charge is -2.32. The van der Waals surface area contributed by atoms with Crippen LogP contribution < -0.4 is 0 Å². The van der Waals surface area contributed by atoms with Crippen molar-refractivity contribution in [2.24, 2.45) is 0 Å². The predicted molar refractivity (Wildman–Crippen MR) is 132 cm³/mol. The smallest absolute Gasteiger partial charge is 0.0497 e. The largest absolute Gasteiger partial charge is 0.354 e. The molecule has 0 unspecified atom stereocenters. The lowest BCUT2D eigenvalue weighted by atomic mass is 9.89. The van der Waals surface area contributed by atoms with Crippen molar-refractivity contribution in [3.63, 3.8) is 0 Å². The molecule has 0 spiro atoms. The molecule has 0 saturated carbocycles. The van der Waals surface area contributed by atoms with Crippen molar-refractivity contribution in [3.8, 4) is 11.3 Å². The molecule has 2 nitrogen and oxygen atoms in total. The van der Waals surface area contributed by atoms with Crippen molar-refractivity contribution in [2.45, 2.75) is 38.0 Å². The van der Waals surface area contributed by atoms with Crippen molar-refractivity contribution < 1.29 is 0 Å². The standard InChI is InChI=1S/C29H32N2/c1-3-11-23(12-4-1)24-18-21-31(22-19-24)20-10-9-16-27-26-15-7-8-17-28(26)30-29(27)25-13-5-2-6-14-25/h1-8,11-15,17,24,30H,9-10,16,18-22H2. The fourth-order valence-corrected chi connectivity index (χ4v) is 5.16. The van der Waals surface area contributed by atoms with Crippen LogP contribution in [0.15, 0.2) is 84.9 Å². The summed E-state index contributed by atoms with van der Waals surface area (Å²) in [7, 11) is 0. The minimum absolute atomic E-state index is 0.747. The molecule has 2 heterocycles. The first-order valence-corrected chi connectivity index (χ1v) is 11.8. The van der Waals surface area contributed by atoms with E-state index in [1.165, 1.54) is 78.6 Å². The zero-order valence-corrected chi connectivity index (χ0v) is 18.3. The molecule has 158 valence electrons. The van der Waals surface area contributed by atoms with E-state index < -0.39 is 0 Å². The lowest BCUT2D eigenvalue weighted by Crippen LogP contribution is -2.33. The van der Waals surface area contributed by atoms with Gasteiger partial charge in [0.15, 0.2) is 0 Å². The van der Waals surface area contributed by atoms with E-state index in [1.54, 1.807) is 0 Å². The minimum Gasteiger partial charge on any atom is -0.354 e. The molecular weight excluding hydrogens is 376 g/mol. The first-order valence-electron chi connectivity index (χ1n) is 11.8. The van der Waals surface area contributed by atoms with Crippen molar-refractivity contribution in [2.75, 3.05) is 19.6 Å². The third-order valence-corrected chi connectivity index (χ3v) is 6.89. The van der Waals surface area contributed by atoms with Crippen LogP contribution in [-0.2, 0) is 6.42 Å². The minimum atomic E-state index is 0.747. The van der Waals surface area contributed by atoms with Crippen LogP contribution in [0.1, 0.15) is 42.7 Å². The Morgan fingerprint density at radius 1 is 0.742 bits per heavy atom. The summed E-state index contributed by atoms with van der Waals surface area (Å²) in [5.41, 5.74) is 6.83. The van der Waals surface area contributed by atoms with E-state index in [1.807, 2.05) is 0 Å². The fraction of sp³-hybridized carbons (Fsp3) is 0.310. The van der Waals surface area contributed by atoms with Gasteiger partial charge in [-0.25, -0.2) is 0 Å². The SMILES string of the molecule is c1ccc(-c2[nH]c3ccccc3c2CCCCN2CCC(c3ccccc3)CC2)cc1. The molecule has 4 aromatic rings. The monoisotopic (exact) mass is 408 g/mol. The molecule has 1 aliphatic rings. The van der Waals surface area contributed by atoms with E-state index >= 15 is 0 Å². The number of hydrogen-bond acceptors (Lipinski definition) is 1. The number of piperidine rings is 1. The number of nitrogens with one attached hydrogen (secondary N) is 1. The van der Waals surface area contributed by atoms with Crippen LogP contribution in [0.2, 0.25) is 0 Å². The van der Waals surface area contributed by atoms with Gasteiger partial charge in [0, 0.05) is 16.6 Å². The van der Waals surface area contributed by atoms with E-state index in [0.717, 1.165) is 12.3 Å². The van der Waals surface area contributed by atoms with Gasteiger partial charge in [0.2, 0.25) is 0 Å². The van der Waals surface area contributed by atoms with Crippen LogP contribution in [-0.4, -0.2) is 29.5 Å². The number of aryl methyl sites for hydroxylation is 1. The van der Waals surface area contributed by atoms with Crippen molar-refractivity contribution in [1.82, 2.24) is 9.88 Å². The van der Waals surface area contributed by atoms with Gasteiger partial charge in [0.25, 0.3) is 0 Å². The number of unbranched alkanes of at least 4 members (excludes halogenated alkanes) is 1. The van der Waals surface area contributed by atoms with Crippen LogP contribution in [0.25, 0.3) is 22.2 Å². The summed E-state index contributed by atoms with van der Waals surface area (Å²) < 4.78 is 0. The quantitative estimate of drug-likeness (QED) is 0.325. The van der Waals surface area contributed by atoms with E-state index in [-0.39, 0.29) is 0 Å². The Balaban J connectivity index is 1.18. The summed E-state index contributed by atoms with van der Waals surface area (Å²) in [5.74, 6) is 0.747. The first-order chi connectivity index (χ1) is 15.4. The Labute approximate surface area is 185 Å². The normalized spacial score (nSPS) is 15.5. The number of para-hydroxylation sites is 1. The molecule has 0 bridgehead atoms. The van der Waals surface area contributed by atoms with E-state index in [0.29, 0.717) is 0 Å². The van der Waals surface area contributed by atoms with Crippen molar-refractivity contribution >= 4 is 10.9 Å². The number of likely N-dealkylation sites (tertiary alicyclic amines) is 1. The Bertz CT molecular complexity index is 1090. The van der Waals surface area contributed by atoms with E-state index in [2.05, 4.69) is 94.8 Å². The molecule has 1 fully saturated rings. The second-order valence-corrected chi connectivity index (χ2v) is 8.87. The highest BCUT2D eigenvalue weighted by Gasteiger charge is 2.20. The second-order valence-electron chi connectivity index (χ2n) is 8.87. The van der Waals surface area contributed by atoms with Gasteiger partial charge in [-0.05, 0) is 80.4 Å². The average Bonchev–Trinajstić information content (AvgIpc) is 3.22. The maximum absolute atomic E-state index is 3.68. The topological polar surface area (TPSA) is 19.0 Å². The molecular formula is C29H32N2. The molecule has 31 heavy (non-hydrogen) atoms. The maximum Gasteiger partial charge on any atom is 0.0497 e. The van der Waals surface area contributed by atoms with Crippen LogP contribution in [0.4, 0.5) is 0 Å². The van der Waals surface area contributed by atoms with Gasteiger partial charge in [-0.2, -0.15) is 0 Å². The summed E-state index contributed by atoms with van der Waals surface area (Å²) in [6.45, 7) is 3.70. The van der Waals surface area contributed by atoms with Crippen LogP contribution in [0.5, 0.6) is 0 Å². The van der Waals surface area contributed by atoms with Gasteiger partial charge in [0.1, 0.15) is 0 Å². The number of benzene rings is 3. The van der Waals surface area contributed by atoms with Gasteiger partial charge in [-0.3, -0.25) is 0 Å². The zero-order valence-electron chi connectivity index (χ0n) is 18.3. The number of aromatic amines is 1. The predicted octanol–water partition coefficient (Wildman–Crippen LogP) is 7.04. The Kier molecular flexibility index (Phi) is 6.18. The Morgan fingerprint density at radius 2 is 1.42 bits per heavy atom. The summed E-state index contributed by atoms with van der Waals surface area (Å²) in [4.78, 5) is 6.35. The third-order valence-electron chi connectivity index (χ3n) is 6.89. The highest BCUT2D eigenvalue weighted by Crippen LogP contribution is 2.32. The molecule has 0 radical (unpaired) electrons. The maximum atomic E-state index is 3.68. The molecule has 3 aromatic carbocycles. The Morgan fingerprint density at radius 3 is 2.19 bits per heavy atom. The molecule has 2 heteroatoms. The van der Waals surface area contributed by atoms with Crippen LogP contribution in [0.3, 0.4) is 0 Å². The Hall–Kier alpha value is -2.84. The number of H-pyrrole nitrogens is 1. The fourth-order valence-electron chi connectivity index (χ4n) is 5.16. The summed E-state index contributed by atoms with van der Waals surface area (Å²) in [6.07, 6.45) is 6.23. The highest BCUT2D eigenvalue weighted by atomic mass is 15.1. The molecule has 5 rings (SSSR count). The number of hydrogen-bond donors (Lipinski definition) is 1. The van der Waals surface area contributed by atoms with Gasteiger partial charge in [-0.15, -0.1) is 0 Å². The summed E-state index contributed by atoms with van der Waals surface area (Å²) >= 11 is 0. The number of aromatic nitrogens is 1. The molecule has 1 aromatic heterocycles. The molecule has 1 aliphatic heterocycles. The molecule has 0 atom stereocenters. The summed E-state index contributed by atoms with van der Waals surface area (Å²) in [5, 5.41) is 1.38. The lowest BCUT2D eigenvalue weighted by molar-refractivity contribution is 0.209. The molecule has 0 amide bonds. The number of nitrogens with zero attached hydrogens (tertiary/aromatic N) is 1. The zero-order chi connectivity index (χ0) is 20.9. The van der Waals surface area contributed by atoms with Crippen molar-refractivity contribution in [1.29, 1.82) is 0 Å². The van der Waals surface area contributed by atoms with Gasteiger partial charge in [0.05, 0.1) is 0 Å². The van der Waals surface area contributed by atoms with E-state index in [9.17, 15) is 0 Å². The third kappa shape index (κ3) is 4.60. The molecule has 1 N–H and O–H groups in total. The van der Waals surface area contributed by atoms with Gasteiger partial charge >= 0.3 is 0 Å². The second kappa shape index (κ2) is 9.53. The first kappa shape index (κ1) is 20.1. The van der Waals surface area contributed by atoms with Crippen LogP contribution >= 0.6 is 0 Å². The number of fused-ring (bicyclic) bond motifs is 1. The van der Waals surface area contributed by atoms with Crippen LogP contribution in [0, 0.1) is 0 Å². The summed E-state index contributed by atoms with van der Waals surface area (Å²) in [6, 6.07) is 30.6.